The van der Waals surface area contributed by atoms with Gasteiger partial charge in [0.2, 0.25) is 0 Å². The SMILES string of the molecule is OC1(CC2CNC2)CCNCC1. The van der Waals surface area contributed by atoms with E-state index in [0.29, 0.717) is 0 Å². The normalized spacial score (nSPS) is 29.8. The Hall–Kier alpha value is -0.120. The molecular weight excluding hydrogens is 152 g/mol. The summed E-state index contributed by atoms with van der Waals surface area (Å²) in [7, 11) is 0. The van der Waals surface area contributed by atoms with Crippen LogP contribution in [0.5, 0.6) is 0 Å². The fourth-order valence-corrected chi connectivity index (χ4v) is 2.13. The van der Waals surface area contributed by atoms with Gasteiger partial charge in [-0.1, -0.05) is 0 Å². The molecular formula is C9H18N2O. The van der Waals surface area contributed by atoms with Crippen molar-refractivity contribution in [1.82, 2.24) is 10.6 Å². The number of rotatable bonds is 2. The summed E-state index contributed by atoms with van der Waals surface area (Å²) in [6, 6.07) is 0. The van der Waals surface area contributed by atoms with Crippen LogP contribution in [-0.2, 0) is 0 Å². The summed E-state index contributed by atoms with van der Waals surface area (Å²) in [6.45, 7) is 4.18. The third kappa shape index (κ3) is 1.79. The van der Waals surface area contributed by atoms with E-state index in [-0.39, 0.29) is 5.60 Å². The first kappa shape index (κ1) is 8.48. The van der Waals surface area contributed by atoms with Gasteiger partial charge < -0.3 is 15.7 Å². The minimum absolute atomic E-state index is 0.349. The number of piperidine rings is 1. The predicted octanol–water partition coefficient (Wildman–Crippen LogP) is -0.290. The molecule has 2 saturated heterocycles. The molecule has 0 aromatic carbocycles. The molecule has 0 amide bonds. The zero-order valence-electron chi connectivity index (χ0n) is 7.47. The quantitative estimate of drug-likeness (QED) is 0.533. The minimum atomic E-state index is -0.349. The van der Waals surface area contributed by atoms with Crippen molar-refractivity contribution < 1.29 is 5.11 Å². The van der Waals surface area contributed by atoms with E-state index in [2.05, 4.69) is 10.6 Å². The van der Waals surface area contributed by atoms with Gasteiger partial charge in [-0.2, -0.15) is 0 Å². The van der Waals surface area contributed by atoms with E-state index in [0.717, 1.165) is 51.4 Å². The summed E-state index contributed by atoms with van der Waals surface area (Å²) < 4.78 is 0. The lowest BCUT2D eigenvalue weighted by atomic mass is 9.81. The molecule has 70 valence electrons. The molecule has 0 unspecified atom stereocenters. The summed E-state index contributed by atoms with van der Waals surface area (Å²) in [5.74, 6) is 0.730. The molecule has 3 N–H and O–H groups in total. The van der Waals surface area contributed by atoms with E-state index in [1.807, 2.05) is 0 Å². The van der Waals surface area contributed by atoms with Gasteiger partial charge in [0.15, 0.2) is 0 Å². The summed E-state index contributed by atoms with van der Waals surface area (Å²) in [5.41, 5.74) is -0.349. The average Bonchev–Trinajstić information content (AvgIpc) is 1.99. The number of hydrogen-bond donors (Lipinski definition) is 3. The van der Waals surface area contributed by atoms with Gasteiger partial charge in [-0.05, 0) is 51.4 Å². The van der Waals surface area contributed by atoms with Gasteiger partial charge in [-0.15, -0.1) is 0 Å². The number of aliphatic hydroxyl groups is 1. The van der Waals surface area contributed by atoms with Crippen LogP contribution in [0.3, 0.4) is 0 Å². The van der Waals surface area contributed by atoms with E-state index in [1.54, 1.807) is 0 Å². The summed E-state index contributed by atoms with van der Waals surface area (Å²) >= 11 is 0. The Labute approximate surface area is 73.5 Å². The molecule has 2 heterocycles. The van der Waals surface area contributed by atoms with E-state index < -0.39 is 0 Å². The van der Waals surface area contributed by atoms with E-state index in [4.69, 9.17) is 0 Å². The van der Waals surface area contributed by atoms with Gasteiger partial charge in [-0.3, -0.25) is 0 Å². The lowest BCUT2D eigenvalue weighted by Crippen LogP contribution is -2.50. The Balaban J connectivity index is 1.81. The molecule has 2 fully saturated rings. The molecule has 3 nitrogen and oxygen atoms in total. The van der Waals surface area contributed by atoms with E-state index >= 15 is 0 Å². The van der Waals surface area contributed by atoms with Crippen LogP contribution in [0.25, 0.3) is 0 Å². The molecule has 0 aromatic rings. The maximum atomic E-state index is 10.1. The molecule has 12 heavy (non-hydrogen) atoms. The Morgan fingerprint density at radius 3 is 2.33 bits per heavy atom. The summed E-state index contributed by atoms with van der Waals surface area (Å²) in [5, 5.41) is 16.7. The van der Waals surface area contributed by atoms with Gasteiger partial charge in [0, 0.05) is 0 Å². The minimum Gasteiger partial charge on any atom is -0.390 e. The van der Waals surface area contributed by atoms with Crippen LogP contribution in [-0.4, -0.2) is 36.9 Å². The molecule has 2 aliphatic heterocycles. The maximum Gasteiger partial charge on any atom is 0.0675 e. The highest BCUT2D eigenvalue weighted by Crippen LogP contribution is 2.27. The molecule has 0 aromatic heterocycles. The second kappa shape index (κ2) is 3.32. The summed E-state index contributed by atoms with van der Waals surface area (Å²) in [6.07, 6.45) is 2.87. The van der Waals surface area contributed by atoms with Crippen molar-refractivity contribution in [2.24, 2.45) is 5.92 Å². The van der Waals surface area contributed by atoms with Crippen LogP contribution in [0.2, 0.25) is 0 Å². The zero-order chi connectivity index (χ0) is 8.44. The van der Waals surface area contributed by atoms with Crippen molar-refractivity contribution in [2.75, 3.05) is 26.2 Å². The highest BCUT2D eigenvalue weighted by molar-refractivity contribution is 4.89. The number of hydrogen-bond acceptors (Lipinski definition) is 3. The molecule has 0 spiro atoms. The zero-order valence-corrected chi connectivity index (χ0v) is 7.47. The van der Waals surface area contributed by atoms with Crippen LogP contribution in [0.15, 0.2) is 0 Å². The van der Waals surface area contributed by atoms with Crippen molar-refractivity contribution in [1.29, 1.82) is 0 Å². The van der Waals surface area contributed by atoms with Gasteiger partial charge in [0.25, 0.3) is 0 Å². The Bertz CT molecular complexity index is 151. The second-order valence-electron chi connectivity index (χ2n) is 4.20. The van der Waals surface area contributed by atoms with Crippen LogP contribution < -0.4 is 10.6 Å². The lowest BCUT2D eigenvalue weighted by Gasteiger charge is -2.38. The Morgan fingerprint density at radius 2 is 1.83 bits per heavy atom. The summed E-state index contributed by atoms with van der Waals surface area (Å²) in [4.78, 5) is 0. The monoisotopic (exact) mass is 170 g/mol. The lowest BCUT2D eigenvalue weighted by molar-refractivity contribution is -0.0180. The first-order valence-corrected chi connectivity index (χ1v) is 4.92. The first-order chi connectivity index (χ1) is 5.79. The molecule has 3 heteroatoms. The highest BCUT2D eigenvalue weighted by atomic mass is 16.3. The Kier molecular flexibility index (Phi) is 2.35. The van der Waals surface area contributed by atoms with Crippen LogP contribution >= 0.6 is 0 Å². The van der Waals surface area contributed by atoms with Crippen molar-refractivity contribution in [3.05, 3.63) is 0 Å². The first-order valence-electron chi connectivity index (χ1n) is 4.92. The van der Waals surface area contributed by atoms with Gasteiger partial charge in [-0.25, -0.2) is 0 Å². The molecule has 0 aliphatic carbocycles. The topological polar surface area (TPSA) is 44.3 Å². The third-order valence-electron chi connectivity index (χ3n) is 3.07. The van der Waals surface area contributed by atoms with Crippen molar-refractivity contribution in [3.63, 3.8) is 0 Å². The van der Waals surface area contributed by atoms with Gasteiger partial charge in [0.1, 0.15) is 0 Å². The van der Waals surface area contributed by atoms with Gasteiger partial charge in [0.05, 0.1) is 5.60 Å². The fraction of sp³-hybridized carbons (Fsp3) is 1.00. The van der Waals surface area contributed by atoms with Crippen molar-refractivity contribution in [3.8, 4) is 0 Å². The van der Waals surface area contributed by atoms with Crippen LogP contribution in [0.1, 0.15) is 19.3 Å². The molecule has 2 aliphatic rings. The van der Waals surface area contributed by atoms with Crippen molar-refractivity contribution >= 4 is 0 Å². The maximum absolute atomic E-state index is 10.1. The third-order valence-corrected chi connectivity index (χ3v) is 3.07. The molecule has 0 atom stereocenters. The molecule has 2 rings (SSSR count). The fourth-order valence-electron chi connectivity index (χ4n) is 2.13. The Morgan fingerprint density at radius 1 is 1.17 bits per heavy atom. The average molecular weight is 170 g/mol. The predicted molar refractivity (Wildman–Crippen MR) is 48.0 cm³/mol. The molecule has 0 bridgehead atoms. The second-order valence-corrected chi connectivity index (χ2v) is 4.20. The van der Waals surface area contributed by atoms with Crippen molar-refractivity contribution in [2.45, 2.75) is 24.9 Å². The molecule has 0 saturated carbocycles. The standard InChI is InChI=1S/C9H18N2O/c12-9(1-3-10-4-2-9)5-8-6-11-7-8/h8,10-12H,1-7H2. The van der Waals surface area contributed by atoms with E-state index in [1.165, 1.54) is 0 Å². The van der Waals surface area contributed by atoms with Crippen LogP contribution in [0, 0.1) is 5.92 Å². The number of nitrogens with one attached hydrogen (secondary N) is 2. The molecule has 0 radical (unpaired) electrons. The van der Waals surface area contributed by atoms with Gasteiger partial charge >= 0.3 is 0 Å². The smallest absolute Gasteiger partial charge is 0.0675 e. The van der Waals surface area contributed by atoms with Crippen LogP contribution in [0.4, 0.5) is 0 Å². The largest absolute Gasteiger partial charge is 0.390 e. The highest BCUT2D eigenvalue weighted by Gasteiger charge is 2.33. The van der Waals surface area contributed by atoms with E-state index in [9.17, 15) is 5.11 Å².